The van der Waals surface area contributed by atoms with Gasteiger partial charge in [0.1, 0.15) is 5.76 Å². The monoisotopic (exact) mass is 350 g/mol. The van der Waals surface area contributed by atoms with E-state index in [1.807, 2.05) is 13.0 Å². The lowest BCUT2D eigenvalue weighted by molar-refractivity contribution is 0.0986. The number of carbonyl (C=O) groups excluding carboxylic acids is 1. The fraction of sp³-hybridized carbons (Fsp3) is 0.375. The molecule has 0 aliphatic heterocycles. The zero-order chi connectivity index (χ0) is 19.6. The summed E-state index contributed by atoms with van der Waals surface area (Å²) in [7, 11) is 0. The molecule has 0 aliphatic carbocycles. The molecule has 0 saturated heterocycles. The van der Waals surface area contributed by atoms with Gasteiger partial charge in [-0.3, -0.25) is 4.79 Å². The van der Waals surface area contributed by atoms with E-state index in [4.69, 9.17) is 4.42 Å². The lowest BCUT2D eigenvalue weighted by atomic mass is 9.81. The summed E-state index contributed by atoms with van der Waals surface area (Å²) in [6, 6.07) is 10.4. The van der Waals surface area contributed by atoms with Crippen LogP contribution >= 0.6 is 0 Å². The molecule has 2 heteroatoms. The second kappa shape index (κ2) is 7.49. The third-order valence-electron chi connectivity index (χ3n) is 4.51. The van der Waals surface area contributed by atoms with E-state index in [0.29, 0.717) is 5.76 Å². The minimum absolute atomic E-state index is 0.0476. The largest absolute Gasteiger partial charge is 0.453 e. The molecule has 0 N–H and O–H groups in total. The van der Waals surface area contributed by atoms with Crippen LogP contribution in [0.5, 0.6) is 0 Å². The average molecular weight is 351 g/mol. The van der Waals surface area contributed by atoms with Crippen molar-refractivity contribution in [2.75, 3.05) is 0 Å². The van der Waals surface area contributed by atoms with Crippen LogP contribution in [0.2, 0.25) is 0 Å². The van der Waals surface area contributed by atoms with Crippen molar-refractivity contribution in [3.63, 3.8) is 0 Å². The fourth-order valence-corrected chi connectivity index (χ4v) is 2.94. The molecule has 0 fully saturated rings. The van der Waals surface area contributed by atoms with Crippen molar-refractivity contribution in [3.8, 4) is 0 Å². The van der Waals surface area contributed by atoms with Crippen molar-refractivity contribution in [1.82, 2.24) is 0 Å². The summed E-state index contributed by atoms with van der Waals surface area (Å²) >= 11 is 0. The summed E-state index contributed by atoms with van der Waals surface area (Å²) in [5.74, 6) is 1.17. The van der Waals surface area contributed by atoms with Gasteiger partial charge in [0.2, 0.25) is 0 Å². The molecule has 0 spiro atoms. The summed E-state index contributed by atoms with van der Waals surface area (Å²) in [6.07, 6.45) is 2.22. The van der Waals surface area contributed by atoms with Gasteiger partial charge < -0.3 is 4.42 Å². The molecule has 26 heavy (non-hydrogen) atoms. The number of ketones is 1. The molecular weight excluding hydrogens is 320 g/mol. The first-order chi connectivity index (χ1) is 12.0. The van der Waals surface area contributed by atoms with Crippen LogP contribution in [-0.2, 0) is 0 Å². The molecule has 1 heterocycles. The van der Waals surface area contributed by atoms with Crippen molar-refractivity contribution in [2.45, 2.75) is 55.4 Å². The van der Waals surface area contributed by atoms with Gasteiger partial charge in [0, 0.05) is 12.5 Å². The van der Waals surface area contributed by atoms with Crippen LogP contribution < -0.4 is 0 Å². The Hall–Kier alpha value is -2.35. The Kier molecular flexibility index (Phi) is 5.75. The fourth-order valence-electron chi connectivity index (χ4n) is 2.94. The summed E-state index contributed by atoms with van der Waals surface area (Å²) in [6.45, 7) is 16.4. The van der Waals surface area contributed by atoms with Crippen LogP contribution in [-0.4, -0.2) is 5.78 Å². The number of allylic oxidation sites excluding steroid dienone is 4. The van der Waals surface area contributed by atoms with E-state index in [9.17, 15) is 4.79 Å². The Morgan fingerprint density at radius 1 is 1.00 bits per heavy atom. The van der Waals surface area contributed by atoms with Crippen LogP contribution in [0, 0.1) is 19.3 Å². The number of carbonyl (C=O) groups is 1. The number of aryl methyl sites for hydroxylation is 2. The van der Waals surface area contributed by atoms with Gasteiger partial charge in [-0.25, -0.2) is 0 Å². The van der Waals surface area contributed by atoms with E-state index < -0.39 is 0 Å². The predicted molar refractivity (Wildman–Crippen MR) is 110 cm³/mol. The number of Topliss-reactive ketones (excluding diaryl/α,β-unsaturated/α-hetero) is 1. The van der Waals surface area contributed by atoms with Gasteiger partial charge in [-0.05, 0) is 62.0 Å². The first-order valence-electron chi connectivity index (χ1n) is 9.09. The molecular formula is C24H30O2. The van der Waals surface area contributed by atoms with Gasteiger partial charge in [-0.15, -0.1) is 0 Å². The van der Waals surface area contributed by atoms with Crippen molar-refractivity contribution in [3.05, 3.63) is 70.2 Å². The maximum atomic E-state index is 11.7. The van der Waals surface area contributed by atoms with E-state index in [1.165, 1.54) is 29.2 Å². The zero-order valence-electron chi connectivity index (χ0n) is 17.3. The minimum atomic E-state index is -0.123. The Labute approximate surface area is 157 Å². The molecule has 0 bridgehead atoms. The SMILES string of the molecule is CC(=O)c1cc(C)c(/C(=C\C(=C(C)C)c2ccc(C)cc2)C(C)(C)C)o1. The number of furan rings is 1. The molecule has 1 aromatic carbocycles. The van der Waals surface area contributed by atoms with Gasteiger partial charge in [0.05, 0.1) is 0 Å². The van der Waals surface area contributed by atoms with Gasteiger partial charge >= 0.3 is 0 Å². The Morgan fingerprint density at radius 2 is 1.58 bits per heavy atom. The first-order valence-corrected chi connectivity index (χ1v) is 9.09. The van der Waals surface area contributed by atoms with E-state index in [-0.39, 0.29) is 11.2 Å². The number of hydrogen-bond donors (Lipinski definition) is 0. The van der Waals surface area contributed by atoms with Crippen molar-refractivity contribution < 1.29 is 9.21 Å². The Bertz CT molecular complexity index is 862. The molecule has 2 rings (SSSR count). The van der Waals surface area contributed by atoms with Crippen molar-refractivity contribution >= 4 is 16.9 Å². The van der Waals surface area contributed by atoms with E-state index in [1.54, 1.807) is 0 Å². The Morgan fingerprint density at radius 3 is 2.00 bits per heavy atom. The summed E-state index contributed by atoms with van der Waals surface area (Å²) in [5, 5.41) is 0. The highest BCUT2D eigenvalue weighted by atomic mass is 16.3. The summed E-state index contributed by atoms with van der Waals surface area (Å²) in [5.41, 5.74) is 6.83. The van der Waals surface area contributed by atoms with Crippen molar-refractivity contribution in [1.29, 1.82) is 0 Å². The maximum Gasteiger partial charge on any atom is 0.194 e. The molecule has 0 atom stereocenters. The predicted octanol–water partition coefficient (Wildman–Crippen LogP) is 7.02. The molecule has 0 aliphatic rings. The van der Waals surface area contributed by atoms with Crippen LogP contribution in [0.15, 0.2) is 46.4 Å². The third kappa shape index (κ3) is 4.43. The van der Waals surface area contributed by atoms with Gasteiger partial charge in [-0.2, -0.15) is 0 Å². The van der Waals surface area contributed by atoms with Crippen LogP contribution in [0.1, 0.15) is 74.5 Å². The molecule has 2 nitrogen and oxygen atoms in total. The van der Waals surface area contributed by atoms with E-state index in [2.05, 4.69) is 71.9 Å². The minimum Gasteiger partial charge on any atom is -0.453 e. The molecule has 0 radical (unpaired) electrons. The highest BCUT2D eigenvalue weighted by Crippen LogP contribution is 2.39. The van der Waals surface area contributed by atoms with Crippen LogP contribution in [0.4, 0.5) is 0 Å². The number of hydrogen-bond acceptors (Lipinski definition) is 2. The van der Waals surface area contributed by atoms with Gasteiger partial charge in [-0.1, -0.05) is 56.2 Å². The van der Waals surface area contributed by atoms with E-state index >= 15 is 0 Å². The third-order valence-corrected chi connectivity index (χ3v) is 4.51. The zero-order valence-corrected chi connectivity index (χ0v) is 17.3. The second-order valence-corrected chi connectivity index (χ2v) is 8.27. The Balaban J connectivity index is 2.67. The maximum absolute atomic E-state index is 11.7. The van der Waals surface area contributed by atoms with Gasteiger partial charge in [0.15, 0.2) is 11.5 Å². The first kappa shape index (κ1) is 20.0. The van der Waals surface area contributed by atoms with Crippen LogP contribution in [0.25, 0.3) is 11.1 Å². The lowest BCUT2D eigenvalue weighted by Crippen LogP contribution is -2.09. The molecule has 2 aromatic rings. The smallest absolute Gasteiger partial charge is 0.194 e. The molecule has 0 amide bonds. The lowest BCUT2D eigenvalue weighted by Gasteiger charge is -2.23. The van der Waals surface area contributed by atoms with E-state index in [0.717, 1.165) is 16.9 Å². The molecule has 0 unspecified atom stereocenters. The highest BCUT2D eigenvalue weighted by molar-refractivity contribution is 5.93. The number of rotatable bonds is 4. The standard InChI is InChI=1S/C24H30O2/c1-15(2)20(19-11-9-16(3)10-12-19)14-21(24(6,7)8)23-17(4)13-22(26-23)18(5)25/h9-14H,1-8H3/b21-14+. The van der Waals surface area contributed by atoms with Crippen LogP contribution in [0.3, 0.4) is 0 Å². The molecule has 0 saturated carbocycles. The topological polar surface area (TPSA) is 30.2 Å². The van der Waals surface area contributed by atoms with Gasteiger partial charge in [0.25, 0.3) is 0 Å². The summed E-state index contributed by atoms with van der Waals surface area (Å²) in [4.78, 5) is 11.7. The normalized spacial score (nSPS) is 12.2. The second-order valence-electron chi connectivity index (χ2n) is 8.27. The highest BCUT2D eigenvalue weighted by Gasteiger charge is 2.25. The summed E-state index contributed by atoms with van der Waals surface area (Å²) < 4.78 is 5.96. The quantitative estimate of drug-likeness (QED) is 0.438. The molecule has 138 valence electrons. The average Bonchev–Trinajstić information content (AvgIpc) is 2.90. The molecule has 1 aromatic heterocycles. The van der Waals surface area contributed by atoms with Crippen molar-refractivity contribution in [2.24, 2.45) is 5.41 Å². The number of benzene rings is 1.